The van der Waals surface area contributed by atoms with Crippen LogP contribution in [0.25, 0.3) is 11.4 Å². The largest absolute Gasteiger partial charge is 0.480 e. The topological polar surface area (TPSA) is 82.7 Å². The minimum absolute atomic E-state index is 0.0490. The standard InChI is InChI=1S/C20H27FN4O3/c1-4-24(12-18(26)27)16-7-9-25(10-8-16)14(3)20-22-19(23-28-20)15-6-5-13(2)17(21)11-15/h5-6,11,14,16H,4,7-10,12H2,1-3H3,(H,26,27). The van der Waals surface area contributed by atoms with Crippen molar-refractivity contribution in [1.82, 2.24) is 19.9 Å². The summed E-state index contributed by atoms with van der Waals surface area (Å²) < 4.78 is 19.2. The Morgan fingerprint density at radius 2 is 2.14 bits per heavy atom. The fraction of sp³-hybridized carbons (Fsp3) is 0.550. The minimum atomic E-state index is -0.788. The number of likely N-dealkylation sites (tertiary alicyclic amines) is 1. The lowest BCUT2D eigenvalue weighted by Gasteiger charge is -2.39. The van der Waals surface area contributed by atoms with Gasteiger partial charge in [0.2, 0.25) is 11.7 Å². The van der Waals surface area contributed by atoms with Gasteiger partial charge in [-0.2, -0.15) is 4.98 Å². The summed E-state index contributed by atoms with van der Waals surface area (Å²) in [6, 6.07) is 5.13. The highest BCUT2D eigenvalue weighted by molar-refractivity contribution is 5.69. The van der Waals surface area contributed by atoms with Gasteiger partial charge in [-0.15, -0.1) is 0 Å². The van der Waals surface area contributed by atoms with Gasteiger partial charge < -0.3 is 9.63 Å². The monoisotopic (exact) mass is 390 g/mol. The molecule has 28 heavy (non-hydrogen) atoms. The predicted octanol–water partition coefficient (Wildman–Crippen LogP) is 3.12. The van der Waals surface area contributed by atoms with Crippen LogP contribution in [0, 0.1) is 12.7 Å². The van der Waals surface area contributed by atoms with Crippen LogP contribution in [-0.4, -0.2) is 63.2 Å². The zero-order valence-corrected chi connectivity index (χ0v) is 16.6. The van der Waals surface area contributed by atoms with Crippen molar-refractivity contribution in [3.63, 3.8) is 0 Å². The number of carboxylic acids is 1. The molecule has 1 atom stereocenters. The Balaban J connectivity index is 1.62. The number of aromatic nitrogens is 2. The number of likely N-dealkylation sites (N-methyl/N-ethyl adjacent to an activating group) is 1. The van der Waals surface area contributed by atoms with E-state index in [0.717, 1.165) is 32.5 Å². The van der Waals surface area contributed by atoms with Crippen molar-refractivity contribution in [2.24, 2.45) is 0 Å². The third kappa shape index (κ3) is 4.56. The maximum atomic E-state index is 13.8. The molecule has 7 nitrogen and oxygen atoms in total. The number of hydrogen-bond donors (Lipinski definition) is 1. The molecule has 1 unspecified atom stereocenters. The van der Waals surface area contributed by atoms with Gasteiger partial charge in [-0.05, 0) is 44.9 Å². The minimum Gasteiger partial charge on any atom is -0.480 e. The summed E-state index contributed by atoms with van der Waals surface area (Å²) in [5, 5.41) is 13.1. The van der Waals surface area contributed by atoms with E-state index in [0.29, 0.717) is 22.8 Å². The second-order valence-electron chi connectivity index (χ2n) is 7.32. The van der Waals surface area contributed by atoms with Crippen molar-refractivity contribution in [3.05, 3.63) is 35.5 Å². The Morgan fingerprint density at radius 1 is 1.43 bits per heavy atom. The molecule has 1 aromatic heterocycles. The first-order chi connectivity index (χ1) is 13.4. The highest BCUT2D eigenvalue weighted by Crippen LogP contribution is 2.27. The first-order valence-electron chi connectivity index (χ1n) is 9.69. The van der Waals surface area contributed by atoms with E-state index < -0.39 is 5.97 Å². The average molecular weight is 390 g/mol. The van der Waals surface area contributed by atoms with Gasteiger partial charge in [0.15, 0.2) is 0 Å². The lowest BCUT2D eigenvalue weighted by Crippen LogP contribution is -2.47. The van der Waals surface area contributed by atoms with Crippen LogP contribution < -0.4 is 0 Å². The van der Waals surface area contributed by atoms with E-state index in [9.17, 15) is 9.18 Å². The van der Waals surface area contributed by atoms with Crippen molar-refractivity contribution in [1.29, 1.82) is 0 Å². The van der Waals surface area contributed by atoms with E-state index in [1.807, 2.05) is 18.7 Å². The van der Waals surface area contributed by atoms with Crippen LogP contribution in [0.3, 0.4) is 0 Å². The fourth-order valence-electron chi connectivity index (χ4n) is 3.72. The molecule has 1 fully saturated rings. The summed E-state index contributed by atoms with van der Waals surface area (Å²) in [4.78, 5) is 19.8. The number of aryl methyl sites for hydroxylation is 1. The van der Waals surface area contributed by atoms with Crippen LogP contribution >= 0.6 is 0 Å². The summed E-state index contributed by atoms with van der Waals surface area (Å²) >= 11 is 0. The molecule has 8 heteroatoms. The van der Waals surface area contributed by atoms with Crippen LogP contribution in [0.1, 0.15) is 44.2 Å². The summed E-state index contributed by atoms with van der Waals surface area (Å²) in [5.41, 5.74) is 1.17. The summed E-state index contributed by atoms with van der Waals surface area (Å²) in [5.74, 6) is -0.189. The van der Waals surface area contributed by atoms with E-state index >= 15 is 0 Å². The van der Waals surface area contributed by atoms with E-state index in [4.69, 9.17) is 9.63 Å². The second kappa shape index (κ2) is 8.79. The molecule has 0 saturated carbocycles. The fourth-order valence-corrected chi connectivity index (χ4v) is 3.72. The molecule has 0 bridgehead atoms. The van der Waals surface area contributed by atoms with E-state index in [1.54, 1.807) is 19.1 Å². The normalized spacial score (nSPS) is 17.2. The molecular weight excluding hydrogens is 363 g/mol. The smallest absolute Gasteiger partial charge is 0.317 e. The quantitative estimate of drug-likeness (QED) is 0.778. The second-order valence-corrected chi connectivity index (χ2v) is 7.32. The summed E-state index contributed by atoms with van der Waals surface area (Å²) in [7, 11) is 0. The number of carboxylic acid groups (broad SMARTS) is 1. The van der Waals surface area contributed by atoms with Gasteiger partial charge in [0.25, 0.3) is 0 Å². The first kappa shape index (κ1) is 20.4. The number of carbonyl (C=O) groups is 1. The average Bonchev–Trinajstić information content (AvgIpc) is 3.18. The number of benzene rings is 1. The molecule has 0 aliphatic carbocycles. The molecule has 152 valence electrons. The third-order valence-corrected chi connectivity index (χ3v) is 5.54. The van der Waals surface area contributed by atoms with Gasteiger partial charge in [0, 0.05) is 24.7 Å². The zero-order chi connectivity index (χ0) is 20.3. The number of piperidine rings is 1. The number of halogens is 1. The van der Waals surface area contributed by atoms with Gasteiger partial charge in [0.05, 0.1) is 12.6 Å². The zero-order valence-electron chi connectivity index (χ0n) is 16.6. The van der Waals surface area contributed by atoms with Gasteiger partial charge in [-0.1, -0.05) is 24.2 Å². The molecule has 2 heterocycles. The number of aliphatic carboxylic acids is 1. The Labute approximate surface area is 164 Å². The highest BCUT2D eigenvalue weighted by Gasteiger charge is 2.29. The lowest BCUT2D eigenvalue weighted by atomic mass is 10.0. The predicted molar refractivity (Wildman–Crippen MR) is 102 cm³/mol. The lowest BCUT2D eigenvalue weighted by molar-refractivity contribution is -0.139. The maximum absolute atomic E-state index is 13.8. The molecule has 0 amide bonds. The van der Waals surface area contributed by atoms with Gasteiger partial charge in [0.1, 0.15) is 5.82 Å². The van der Waals surface area contributed by atoms with Gasteiger partial charge in [-0.3, -0.25) is 14.6 Å². The van der Waals surface area contributed by atoms with Crippen LogP contribution in [0.2, 0.25) is 0 Å². The van der Waals surface area contributed by atoms with Gasteiger partial charge >= 0.3 is 5.97 Å². The molecule has 1 aliphatic rings. The number of nitrogens with zero attached hydrogens (tertiary/aromatic N) is 4. The molecule has 0 radical (unpaired) electrons. The number of rotatable bonds is 7. The Bertz CT molecular complexity index is 818. The summed E-state index contributed by atoms with van der Waals surface area (Å²) in [6.07, 6.45) is 1.80. The van der Waals surface area contributed by atoms with E-state index in [2.05, 4.69) is 15.0 Å². The van der Waals surface area contributed by atoms with Crippen LogP contribution in [-0.2, 0) is 4.79 Å². The van der Waals surface area contributed by atoms with Crippen molar-refractivity contribution >= 4 is 5.97 Å². The molecule has 1 N–H and O–H groups in total. The molecule has 1 aliphatic heterocycles. The SMILES string of the molecule is CCN(CC(=O)O)C1CCN(C(C)c2nc(-c3ccc(C)c(F)c3)no2)CC1. The van der Waals surface area contributed by atoms with Gasteiger partial charge in [-0.25, -0.2) is 4.39 Å². The third-order valence-electron chi connectivity index (χ3n) is 5.54. The van der Waals surface area contributed by atoms with Crippen molar-refractivity contribution in [3.8, 4) is 11.4 Å². The molecule has 1 saturated heterocycles. The van der Waals surface area contributed by atoms with E-state index in [-0.39, 0.29) is 24.4 Å². The van der Waals surface area contributed by atoms with Crippen molar-refractivity contribution in [2.45, 2.75) is 45.7 Å². The molecule has 0 spiro atoms. The maximum Gasteiger partial charge on any atom is 0.317 e. The molecular formula is C20H27FN4O3. The summed E-state index contributed by atoms with van der Waals surface area (Å²) in [6.45, 7) is 8.19. The van der Waals surface area contributed by atoms with E-state index in [1.165, 1.54) is 6.07 Å². The molecule has 3 rings (SSSR count). The van der Waals surface area contributed by atoms with Crippen molar-refractivity contribution < 1.29 is 18.8 Å². The van der Waals surface area contributed by atoms with Crippen LogP contribution in [0.4, 0.5) is 4.39 Å². The van der Waals surface area contributed by atoms with Crippen LogP contribution in [0.5, 0.6) is 0 Å². The highest BCUT2D eigenvalue weighted by atomic mass is 19.1. The first-order valence-corrected chi connectivity index (χ1v) is 9.69. The Kier molecular flexibility index (Phi) is 6.41. The molecule has 2 aromatic rings. The van der Waals surface area contributed by atoms with Crippen LogP contribution in [0.15, 0.2) is 22.7 Å². The number of hydrogen-bond acceptors (Lipinski definition) is 6. The van der Waals surface area contributed by atoms with Crippen molar-refractivity contribution in [2.75, 3.05) is 26.2 Å². The Hall–Kier alpha value is -2.32. The Morgan fingerprint density at radius 3 is 2.75 bits per heavy atom. The molecule has 1 aromatic carbocycles.